The van der Waals surface area contributed by atoms with Crippen LogP contribution in [0.4, 0.5) is 13.2 Å². The quantitative estimate of drug-likeness (QED) is 0.876. The standard InChI is InChI=1S/C12H12BrF3O3/c1-11(2,5-9(18)19)10-7(13)3-6(4-8(10)17)12(14,15)16/h3-4,17H,5H2,1-2H3,(H,18,19). The van der Waals surface area contributed by atoms with Crippen molar-refractivity contribution in [3.63, 3.8) is 0 Å². The molecule has 0 radical (unpaired) electrons. The fourth-order valence-corrected chi connectivity index (χ4v) is 2.88. The Bertz CT molecular complexity index is 486. The van der Waals surface area contributed by atoms with E-state index in [4.69, 9.17) is 5.11 Å². The Labute approximate surface area is 116 Å². The van der Waals surface area contributed by atoms with Gasteiger partial charge in [0.15, 0.2) is 0 Å². The van der Waals surface area contributed by atoms with E-state index in [9.17, 15) is 23.1 Å². The van der Waals surface area contributed by atoms with Gasteiger partial charge >= 0.3 is 12.1 Å². The highest BCUT2D eigenvalue weighted by Gasteiger charge is 2.35. The van der Waals surface area contributed by atoms with Gasteiger partial charge in [0.2, 0.25) is 0 Å². The molecule has 1 aromatic rings. The number of halogens is 4. The summed E-state index contributed by atoms with van der Waals surface area (Å²) in [7, 11) is 0. The van der Waals surface area contributed by atoms with Crippen LogP contribution < -0.4 is 0 Å². The van der Waals surface area contributed by atoms with Crippen LogP contribution in [0.5, 0.6) is 5.75 Å². The van der Waals surface area contributed by atoms with Crippen LogP contribution in [0.25, 0.3) is 0 Å². The lowest BCUT2D eigenvalue weighted by molar-refractivity contribution is -0.139. The van der Waals surface area contributed by atoms with E-state index in [1.165, 1.54) is 13.8 Å². The van der Waals surface area contributed by atoms with Crippen molar-refractivity contribution in [2.75, 3.05) is 0 Å². The summed E-state index contributed by atoms with van der Waals surface area (Å²) in [5.74, 6) is -1.68. The summed E-state index contributed by atoms with van der Waals surface area (Å²) in [6.07, 6.45) is -4.89. The number of aromatic hydroxyl groups is 1. The first-order chi connectivity index (χ1) is 8.45. The second-order valence-electron chi connectivity index (χ2n) is 4.80. The maximum absolute atomic E-state index is 12.6. The van der Waals surface area contributed by atoms with Gasteiger partial charge in [0, 0.05) is 15.5 Å². The molecule has 0 atom stereocenters. The van der Waals surface area contributed by atoms with Crippen molar-refractivity contribution in [3.05, 3.63) is 27.7 Å². The lowest BCUT2D eigenvalue weighted by atomic mass is 9.80. The molecule has 0 spiro atoms. The van der Waals surface area contributed by atoms with Gasteiger partial charge in [-0.05, 0) is 12.1 Å². The molecule has 1 rings (SSSR count). The van der Waals surface area contributed by atoms with E-state index < -0.39 is 28.9 Å². The molecular formula is C12H12BrF3O3. The van der Waals surface area contributed by atoms with Gasteiger partial charge in [-0.3, -0.25) is 4.79 Å². The molecule has 0 aliphatic heterocycles. The normalized spacial score (nSPS) is 12.5. The largest absolute Gasteiger partial charge is 0.508 e. The number of carboxylic acid groups (broad SMARTS) is 1. The van der Waals surface area contributed by atoms with Gasteiger partial charge < -0.3 is 10.2 Å². The third kappa shape index (κ3) is 3.62. The average molecular weight is 341 g/mol. The van der Waals surface area contributed by atoms with Gasteiger partial charge in [0.05, 0.1) is 12.0 Å². The van der Waals surface area contributed by atoms with Gasteiger partial charge in [-0.2, -0.15) is 13.2 Å². The maximum Gasteiger partial charge on any atom is 0.416 e. The van der Waals surface area contributed by atoms with E-state index in [1.807, 2.05) is 0 Å². The third-order valence-electron chi connectivity index (χ3n) is 2.67. The van der Waals surface area contributed by atoms with Crippen molar-refractivity contribution in [2.45, 2.75) is 31.9 Å². The smallest absolute Gasteiger partial charge is 0.416 e. The van der Waals surface area contributed by atoms with Crippen molar-refractivity contribution in [1.82, 2.24) is 0 Å². The van der Waals surface area contributed by atoms with Crippen LogP contribution in [-0.2, 0) is 16.4 Å². The molecule has 19 heavy (non-hydrogen) atoms. The SMILES string of the molecule is CC(C)(CC(=O)O)c1c(O)cc(C(F)(F)F)cc1Br. The van der Waals surface area contributed by atoms with Crippen LogP contribution in [0.1, 0.15) is 31.4 Å². The molecule has 1 aromatic carbocycles. The fraction of sp³-hybridized carbons (Fsp3) is 0.417. The van der Waals surface area contributed by atoms with Crippen molar-refractivity contribution in [3.8, 4) is 5.75 Å². The maximum atomic E-state index is 12.6. The van der Waals surface area contributed by atoms with Crippen molar-refractivity contribution in [2.24, 2.45) is 0 Å². The molecule has 0 aliphatic carbocycles. The van der Waals surface area contributed by atoms with Gasteiger partial charge in [0.25, 0.3) is 0 Å². The zero-order valence-corrected chi connectivity index (χ0v) is 11.8. The predicted molar refractivity (Wildman–Crippen MR) is 66.1 cm³/mol. The fourth-order valence-electron chi connectivity index (χ4n) is 1.89. The molecule has 106 valence electrons. The van der Waals surface area contributed by atoms with Crippen molar-refractivity contribution in [1.29, 1.82) is 0 Å². The Kier molecular flexibility index (Phi) is 4.19. The molecule has 0 fully saturated rings. The van der Waals surface area contributed by atoms with Crippen LogP contribution in [0.15, 0.2) is 16.6 Å². The highest BCUT2D eigenvalue weighted by atomic mass is 79.9. The van der Waals surface area contributed by atoms with E-state index in [1.54, 1.807) is 0 Å². The summed E-state index contributed by atoms with van der Waals surface area (Å²) < 4.78 is 37.7. The van der Waals surface area contributed by atoms with Gasteiger partial charge in [0.1, 0.15) is 5.75 Å². The summed E-state index contributed by atoms with van der Waals surface area (Å²) in [5.41, 5.74) is -1.85. The van der Waals surface area contributed by atoms with Gasteiger partial charge in [-0.25, -0.2) is 0 Å². The number of benzene rings is 1. The predicted octanol–water partition coefficient (Wildman–Crippen LogP) is 3.93. The van der Waals surface area contributed by atoms with Crippen LogP contribution >= 0.6 is 15.9 Å². The molecule has 0 amide bonds. The number of carboxylic acids is 1. The van der Waals surface area contributed by atoms with E-state index in [0.717, 1.165) is 6.07 Å². The summed E-state index contributed by atoms with van der Waals surface area (Å²) in [4.78, 5) is 10.8. The molecule has 0 saturated carbocycles. The third-order valence-corrected chi connectivity index (χ3v) is 3.29. The van der Waals surface area contributed by atoms with Gasteiger partial charge in [-0.15, -0.1) is 0 Å². The van der Waals surface area contributed by atoms with Crippen LogP contribution in [-0.4, -0.2) is 16.2 Å². The highest BCUT2D eigenvalue weighted by Crippen LogP contribution is 2.43. The summed E-state index contributed by atoms with van der Waals surface area (Å²) >= 11 is 2.96. The zero-order chi connectivity index (χ0) is 15.0. The number of aliphatic carboxylic acids is 1. The van der Waals surface area contributed by atoms with Crippen LogP contribution in [0, 0.1) is 0 Å². The number of carbonyl (C=O) groups is 1. The Balaban J connectivity index is 3.36. The van der Waals surface area contributed by atoms with E-state index >= 15 is 0 Å². The minimum absolute atomic E-state index is 0.0334. The van der Waals surface area contributed by atoms with Gasteiger partial charge in [-0.1, -0.05) is 29.8 Å². The first-order valence-corrected chi connectivity index (χ1v) is 6.06. The molecule has 0 aliphatic rings. The molecule has 0 bridgehead atoms. The molecule has 3 nitrogen and oxygen atoms in total. The molecular weight excluding hydrogens is 329 g/mol. The van der Waals surface area contributed by atoms with E-state index in [0.29, 0.717) is 6.07 Å². The topological polar surface area (TPSA) is 57.5 Å². The minimum atomic E-state index is -4.57. The molecule has 7 heteroatoms. The number of rotatable bonds is 3. The Hall–Kier alpha value is -1.24. The number of phenols is 1. The summed E-state index contributed by atoms with van der Waals surface area (Å²) in [6, 6.07) is 1.43. The highest BCUT2D eigenvalue weighted by molar-refractivity contribution is 9.10. The average Bonchev–Trinajstić information content (AvgIpc) is 2.11. The van der Waals surface area contributed by atoms with Crippen molar-refractivity contribution >= 4 is 21.9 Å². The van der Waals surface area contributed by atoms with Crippen LogP contribution in [0.3, 0.4) is 0 Å². The number of alkyl halides is 3. The van der Waals surface area contributed by atoms with Crippen LogP contribution in [0.2, 0.25) is 0 Å². The second kappa shape index (κ2) is 5.03. The minimum Gasteiger partial charge on any atom is -0.508 e. The number of hydrogen-bond donors (Lipinski definition) is 2. The Morgan fingerprint density at radius 2 is 1.84 bits per heavy atom. The summed E-state index contributed by atoms with van der Waals surface area (Å²) in [5, 5.41) is 18.6. The lowest BCUT2D eigenvalue weighted by Crippen LogP contribution is -2.23. The van der Waals surface area contributed by atoms with E-state index in [-0.39, 0.29) is 16.5 Å². The lowest BCUT2D eigenvalue weighted by Gasteiger charge is -2.26. The monoisotopic (exact) mass is 340 g/mol. The molecule has 0 aromatic heterocycles. The molecule has 0 saturated heterocycles. The van der Waals surface area contributed by atoms with E-state index in [2.05, 4.69) is 15.9 Å². The summed E-state index contributed by atoms with van der Waals surface area (Å²) in [6.45, 7) is 3.07. The zero-order valence-electron chi connectivity index (χ0n) is 10.2. The molecule has 0 unspecified atom stereocenters. The molecule has 2 N–H and O–H groups in total. The second-order valence-corrected chi connectivity index (χ2v) is 5.66. The number of phenolic OH excluding ortho intramolecular Hbond substituents is 1. The first-order valence-electron chi connectivity index (χ1n) is 5.27. The number of hydrogen-bond acceptors (Lipinski definition) is 2. The Morgan fingerprint density at radius 3 is 2.21 bits per heavy atom. The molecule has 0 heterocycles. The van der Waals surface area contributed by atoms with Crippen molar-refractivity contribution < 1.29 is 28.2 Å². The Morgan fingerprint density at radius 1 is 1.32 bits per heavy atom. The first kappa shape index (κ1) is 15.8.